The first-order valence-electron chi connectivity index (χ1n) is 8.50. The van der Waals surface area contributed by atoms with Crippen molar-refractivity contribution in [3.8, 4) is 0 Å². The van der Waals surface area contributed by atoms with Crippen LogP contribution >= 0.6 is 11.3 Å². The summed E-state index contributed by atoms with van der Waals surface area (Å²) in [5, 5.41) is 5.57. The van der Waals surface area contributed by atoms with E-state index >= 15 is 0 Å². The number of amides is 1. The van der Waals surface area contributed by atoms with E-state index in [0.717, 1.165) is 17.0 Å². The molecule has 1 aliphatic rings. The van der Waals surface area contributed by atoms with Gasteiger partial charge in [-0.25, -0.2) is 4.98 Å². The highest BCUT2D eigenvalue weighted by molar-refractivity contribution is 7.09. The standard InChI is InChI=1S/C17H17F3N4O3S/c1-10-4-14(17(18,19)20)22-24(10)6-15(27)23-3-2-11(7-25)5-13(23)16-21-12(8-26)9-28-16/h4,7-9,11,13H,2-3,5-6H2,1H3. The molecule has 0 radical (unpaired) electrons. The fourth-order valence-corrected chi connectivity index (χ4v) is 4.07. The minimum atomic E-state index is -4.59. The Kier molecular flexibility index (Phi) is 5.64. The Morgan fingerprint density at radius 1 is 1.39 bits per heavy atom. The number of hydrogen-bond donors (Lipinski definition) is 0. The number of hydrogen-bond acceptors (Lipinski definition) is 6. The zero-order chi connectivity index (χ0) is 20.5. The van der Waals surface area contributed by atoms with Gasteiger partial charge in [-0.3, -0.25) is 14.3 Å². The fourth-order valence-electron chi connectivity index (χ4n) is 3.18. The van der Waals surface area contributed by atoms with Crippen molar-refractivity contribution in [1.29, 1.82) is 0 Å². The lowest BCUT2D eigenvalue weighted by atomic mass is 9.92. The third kappa shape index (κ3) is 4.13. The quantitative estimate of drug-likeness (QED) is 0.703. The van der Waals surface area contributed by atoms with E-state index in [1.165, 1.54) is 23.2 Å². The molecule has 1 amide bonds. The summed E-state index contributed by atoms with van der Waals surface area (Å²) in [4.78, 5) is 40.6. The summed E-state index contributed by atoms with van der Waals surface area (Å²) in [5.74, 6) is -0.668. The van der Waals surface area contributed by atoms with Gasteiger partial charge in [0.2, 0.25) is 5.91 Å². The number of carbonyl (C=O) groups excluding carboxylic acids is 3. The first-order chi connectivity index (χ1) is 13.2. The topological polar surface area (TPSA) is 85.2 Å². The van der Waals surface area contributed by atoms with Crippen LogP contribution in [0.25, 0.3) is 0 Å². The van der Waals surface area contributed by atoms with E-state index in [4.69, 9.17) is 0 Å². The first-order valence-corrected chi connectivity index (χ1v) is 9.38. The molecule has 11 heteroatoms. The molecule has 0 aromatic carbocycles. The van der Waals surface area contributed by atoms with Gasteiger partial charge in [0.15, 0.2) is 12.0 Å². The number of nitrogens with zero attached hydrogens (tertiary/aromatic N) is 4. The SMILES string of the molecule is Cc1cc(C(F)(F)F)nn1CC(=O)N1CCC(C=O)CC1c1nc(C=O)cs1. The molecule has 1 fully saturated rings. The number of likely N-dealkylation sites (tertiary alicyclic amines) is 1. The van der Waals surface area contributed by atoms with Crippen LogP contribution in [0.1, 0.15) is 45.8 Å². The van der Waals surface area contributed by atoms with Crippen molar-refractivity contribution in [3.63, 3.8) is 0 Å². The van der Waals surface area contributed by atoms with Gasteiger partial charge in [0, 0.05) is 23.5 Å². The smallest absolute Gasteiger partial charge is 0.332 e. The van der Waals surface area contributed by atoms with Crippen molar-refractivity contribution in [2.24, 2.45) is 5.92 Å². The van der Waals surface area contributed by atoms with Crippen LogP contribution in [0.3, 0.4) is 0 Å². The second kappa shape index (κ2) is 7.82. The number of rotatable bonds is 5. The lowest BCUT2D eigenvalue weighted by Crippen LogP contribution is -2.43. The summed E-state index contributed by atoms with van der Waals surface area (Å²) in [6.07, 6.45) is -2.35. The highest BCUT2D eigenvalue weighted by Gasteiger charge is 2.36. The summed E-state index contributed by atoms with van der Waals surface area (Å²) in [5.41, 5.74) is -0.597. The molecule has 3 rings (SSSR count). The van der Waals surface area contributed by atoms with Crippen LogP contribution in [0.4, 0.5) is 13.2 Å². The van der Waals surface area contributed by atoms with Crippen LogP contribution in [0.15, 0.2) is 11.4 Å². The normalized spacial score (nSPS) is 20.2. The van der Waals surface area contributed by atoms with Crippen LogP contribution in [-0.4, -0.2) is 44.7 Å². The minimum absolute atomic E-state index is 0.220. The van der Waals surface area contributed by atoms with Crippen LogP contribution in [0, 0.1) is 12.8 Å². The predicted octanol–water partition coefficient (Wildman–Crippen LogP) is 2.66. The summed E-state index contributed by atoms with van der Waals surface area (Å²) in [6.45, 7) is 1.37. The average molecular weight is 414 g/mol. The van der Waals surface area contributed by atoms with Gasteiger partial charge in [0.05, 0.1) is 6.04 Å². The van der Waals surface area contributed by atoms with Gasteiger partial charge in [-0.1, -0.05) is 0 Å². The molecule has 2 atom stereocenters. The zero-order valence-corrected chi connectivity index (χ0v) is 15.7. The highest BCUT2D eigenvalue weighted by Crippen LogP contribution is 2.35. The van der Waals surface area contributed by atoms with Crippen LogP contribution in [0.2, 0.25) is 0 Å². The lowest BCUT2D eigenvalue weighted by molar-refractivity contribution is -0.142. The van der Waals surface area contributed by atoms with Gasteiger partial charge in [0.25, 0.3) is 0 Å². The highest BCUT2D eigenvalue weighted by atomic mass is 32.1. The largest absolute Gasteiger partial charge is 0.435 e. The molecule has 2 aromatic heterocycles. The van der Waals surface area contributed by atoms with Crippen molar-refractivity contribution in [3.05, 3.63) is 33.5 Å². The number of aryl methyl sites for hydroxylation is 1. The van der Waals surface area contributed by atoms with Crippen molar-refractivity contribution in [1.82, 2.24) is 19.7 Å². The molecule has 0 aliphatic carbocycles. The molecule has 0 bridgehead atoms. The number of aldehydes is 2. The molecule has 150 valence electrons. The predicted molar refractivity (Wildman–Crippen MR) is 92.7 cm³/mol. The maximum Gasteiger partial charge on any atom is 0.435 e. The maximum absolute atomic E-state index is 12.8. The number of halogens is 3. The summed E-state index contributed by atoms with van der Waals surface area (Å²) in [7, 11) is 0. The summed E-state index contributed by atoms with van der Waals surface area (Å²) >= 11 is 1.21. The Balaban J connectivity index is 1.83. The summed E-state index contributed by atoms with van der Waals surface area (Å²) in [6, 6.07) is 0.383. The Hall–Kier alpha value is -2.56. The molecule has 0 N–H and O–H groups in total. The minimum Gasteiger partial charge on any atom is -0.332 e. The third-order valence-corrected chi connectivity index (χ3v) is 5.62. The number of aromatic nitrogens is 3. The van der Waals surface area contributed by atoms with E-state index in [-0.39, 0.29) is 30.4 Å². The van der Waals surface area contributed by atoms with E-state index in [2.05, 4.69) is 10.1 Å². The number of thiazole rings is 1. The van der Waals surface area contributed by atoms with E-state index in [1.807, 2.05) is 0 Å². The van der Waals surface area contributed by atoms with Crippen LogP contribution in [-0.2, 0) is 22.3 Å². The van der Waals surface area contributed by atoms with Crippen molar-refractivity contribution in [2.45, 2.75) is 38.5 Å². The maximum atomic E-state index is 12.8. The van der Waals surface area contributed by atoms with E-state index in [9.17, 15) is 27.6 Å². The van der Waals surface area contributed by atoms with Crippen molar-refractivity contribution >= 4 is 29.8 Å². The molecule has 3 heterocycles. The molecule has 7 nitrogen and oxygen atoms in total. The van der Waals surface area contributed by atoms with Crippen LogP contribution < -0.4 is 0 Å². The number of piperidine rings is 1. The van der Waals surface area contributed by atoms with Gasteiger partial charge in [-0.2, -0.15) is 18.3 Å². The molecule has 0 saturated carbocycles. The molecule has 1 aliphatic heterocycles. The molecule has 28 heavy (non-hydrogen) atoms. The van der Waals surface area contributed by atoms with Gasteiger partial charge in [-0.15, -0.1) is 11.3 Å². The zero-order valence-electron chi connectivity index (χ0n) is 14.8. The lowest BCUT2D eigenvalue weighted by Gasteiger charge is -2.37. The Labute approximate surface area is 162 Å². The second-order valence-electron chi connectivity index (χ2n) is 6.58. The Morgan fingerprint density at radius 3 is 2.71 bits per heavy atom. The Bertz CT molecular complexity index is 893. The molecular formula is C17H17F3N4O3S. The van der Waals surface area contributed by atoms with Gasteiger partial charge < -0.3 is 9.69 Å². The molecular weight excluding hydrogens is 397 g/mol. The second-order valence-corrected chi connectivity index (χ2v) is 7.47. The molecule has 2 aromatic rings. The van der Waals surface area contributed by atoms with Crippen molar-refractivity contribution < 1.29 is 27.6 Å². The van der Waals surface area contributed by atoms with Crippen molar-refractivity contribution in [2.75, 3.05) is 6.54 Å². The number of alkyl halides is 3. The van der Waals surface area contributed by atoms with E-state index in [0.29, 0.717) is 24.1 Å². The summed E-state index contributed by atoms with van der Waals surface area (Å²) < 4.78 is 39.5. The first kappa shape index (κ1) is 20.2. The average Bonchev–Trinajstić information content (AvgIpc) is 3.28. The molecule has 2 unspecified atom stereocenters. The van der Waals surface area contributed by atoms with Gasteiger partial charge in [0.1, 0.15) is 23.5 Å². The van der Waals surface area contributed by atoms with E-state index in [1.54, 1.807) is 5.38 Å². The number of carbonyl (C=O) groups is 3. The molecule has 1 saturated heterocycles. The van der Waals surface area contributed by atoms with Gasteiger partial charge >= 0.3 is 6.18 Å². The van der Waals surface area contributed by atoms with E-state index < -0.39 is 23.8 Å². The third-order valence-electron chi connectivity index (χ3n) is 4.66. The monoisotopic (exact) mass is 414 g/mol. The van der Waals surface area contributed by atoms with Crippen LogP contribution in [0.5, 0.6) is 0 Å². The molecule has 0 spiro atoms. The van der Waals surface area contributed by atoms with Gasteiger partial charge in [-0.05, 0) is 25.8 Å². The fraction of sp³-hybridized carbons (Fsp3) is 0.471. The Morgan fingerprint density at radius 2 is 2.14 bits per heavy atom.